The van der Waals surface area contributed by atoms with E-state index >= 15 is 0 Å². The largest absolute Gasteiger partial charge is 0.299 e. The van der Waals surface area contributed by atoms with Gasteiger partial charge in [-0.1, -0.05) is 159 Å². The van der Waals surface area contributed by atoms with E-state index in [9.17, 15) is 0 Å². The fourth-order valence-electron chi connectivity index (χ4n) is 10.2. The van der Waals surface area contributed by atoms with Crippen LogP contribution in [0.5, 0.6) is 0 Å². The van der Waals surface area contributed by atoms with Crippen LogP contribution in [0.2, 0.25) is 0 Å². The lowest BCUT2D eigenvalue weighted by Gasteiger charge is -2.42. The Morgan fingerprint density at radius 2 is 1.22 bits per heavy atom. The molecule has 0 fully saturated rings. The predicted molar refractivity (Wildman–Crippen MR) is 251 cm³/mol. The molecule has 0 radical (unpaired) electrons. The Balaban J connectivity index is 1.16. The van der Waals surface area contributed by atoms with Crippen LogP contribution in [0, 0.1) is 0 Å². The zero-order valence-electron chi connectivity index (χ0n) is 32.7. The first-order valence-electron chi connectivity index (χ1n) is 20.2. The molecule has 1 aliphatic heterocycles. The van der Waals surface area contributed by atoms with Crippen molar-refractivity contribution in [2.75, 3.05) is 4.90 Å². The Morgan fingerprint density at radius 3 is 2.03 bits per heavy atom. The Morgan fingerprint density at radius 1 is 0.542 bits per heavy atom. The summed E-state index contributed by atoms with van der Waals surface area (Å²) in [6.07, 6.45) is 6.11. The van der Waals surface area contributed by atoms with Gasteiger partial charge >= 0.3 is 0 Å². The third kappa shape index (κ3) is 4.81. The third-order valence-corrected chi connectivity index (χ3v) is 18.7. The summed E-state index contributed by atoms with van der Waals surface area (Å²) in [5, 5.41) is 11.5. The van der Waals surface area contributed by atoms with Gasteiger partial charge in [-0.15, -0.1) is 11.3 Å². The first-order valence-corrected chi connectivity index (χ1v) is 23.0. The van der Waals surface area contributed by atoms with E-state index in [-0.39, 0.29) is 5.41 Å². The van der Waals surface area contributed by atoms with E-state index in [0.717, 1.165) is 28.1 Å². The van der Waals surface area contributed by atoms with Crippen LogP contribution in [0.15, 0.2) is 195 Å². The fourth-order valence-corrected chi connectivity index (χ4v) is 16.1. The van der Waals surface area contributed by atoms with Crippen LogP contribution in [0.1, 0.15) is 25.0 Å². The van der Waals surface area contributed by atoms with Crippen molar-refractivity contribution in [2.45, 2.75) is 19.3 Å². The summed E-state index contributed by atoms with van der Waals surface area (Å²) in [6.45, 7) is 4.74. The average molecular weight is 791 g/mol. The lowest BCUT2D eigenvalue weighted by Crippen LogP contribution is -2.74. The van der Waals surface area contributed by atoms with Crippen molar-refractivity contribution in [3.8, 4) is 0 Å². The molecule has 0 saturated heterocycles. The number of aromatic nitrogens is 3. The molecular formula is C53H38N4SSi. The second-order valence-corrected chi connectivity index (χ2v) is 21.1. The molecule has 12 rings (SSSR count). The van der Waals surface area contributed by atoms with Crippen LogP contribution in [-0.4, -0.2) is 22.4 Å². The lowest BCUT2D eigenvalue weighted by atomic mass is 9.73. The van der Waals surface area contributed by atoms with Gasteiger partial charge in [-0.2, -0.15) is 0 Å². The Bertz CT molecular complexity index is 3400. The highest BCUT2D eigenvalue weighted by Crippen LogP contribution is 2.54. The Labute approximate surface area is 347 Å². The molecule has 0 N–H and O–H groups in total. The highest BCUT2D eigenvalue weighted by molar-refractivity contribution is 7.25. The van der Waals surface area contributed by atoms with Crippen molar-refractivity contribution >= 4 is 105 Å². The molecular weight excluding hydrogens is 753 g/mol. The normalized spacial score (nSPS) is 13.7. The molecule has 0 atom stereocenters. The molecule has 5 heterocycles. The van der Waals surface area contributed by atoms with Crippen molar-refractivity contribution in [2.24, 2.45) is 0 Å². The SMILES string of the molecule is CC1(C)c2ccccc2N(c2cccc([Si](c3ccccc3)(c3ccccc3)c3ccc4c5ccccc5n5ccnc5c4c3)c2)c2ncc3sc4ccccc4c3c21. The van der Waals surface area contributed by atoms with Gasteiger partial charge in [0.1, 0.15) is 11.5 Å². The summed E-state index contributed by atoms with van der Waals surface area (Å²) in [4.78, 5) is 12.8. The van der Waals surface area contributed by atoms with E-state index in [1.54, 1.807) is 0 Å². The second-order valence-electron chi connectivity index (χ2n) is 16.2. The van der Waals surface area contributed by atoms with E-state index in [1.165, 1.54) is 68.5 Å². The molecule has 59 heavy (non-hydrogen) atoms. The van der Waals surface area contributed by atoms with Crippen LogP contribution < -0.4 is 25.6 Å². The van der Waals surface area contributed by atoms with Crippen molar-refractivity contribution < 1.29 is 0 Å². The Kier molecular flexibility index (Phi) is 7.43. The monoisotopic (exact) mass is 790 g/mol. The van der Waals surface area contributed by atoms with Gasteiger partial charge in [-0.3, -0.25) is 9.30 Å². The molecule has 0 unspecified atom stereocenters. The van der Waals surface area contributed by atoms with E-state index in [1.807, 2.05) is 17.5 Å². The van der Waals surface area contributed by atoms with E-state index in [4.69, 9.17) is 9.97 Å². The molecule has 6 heteroatoms. The number of nitrogens with zero attached hydrogens (tertiary/aromatic N) is 4. The van der Waals surface area contributed by atoms with Crippen molar-refractivity contribution in [1.82, 2.24) is 14.4 Å². The molecule has 0 spiro atoms. The zero-order valence-corrected chi connectivity index (χ0v) is 34.5. The summed E-state index contributed by atoms with van der Waals surface area (Å²) in [5.41, 5.74) is 6.69. The van der Waals surface area contributed by atoms with Crippen LogP contribution in [0.3, 0.4) is 0 Å². The van der Waals surface area contributed by atoms with Gasteiger partial charge in [0.05, 0.1) is 15.9 Å². The summed E-state index contributed by atoms with van der Waals surface area (Å²) in [5.74, 6) is 0.993. The number of anilines is 3. The fraction of sp³-hybridized carbons (Fsp3) is 0.0566. The van der Waals surface area contributed by atoms with Gasteiger partial charge in [0.2, 0.25) is 0 Å². The molecule has 0 amide bonds. The number of thiophene rings is 1. The van der Waals surface area contributed by atoms with Gasteiger partial charge in [0.25, 0.3) is 0 Å². The van der Waals surface area contributed by atoms with Gasteiger partial charge in [-0.05, 0) is 62.0 Å². The molecule has 11 aromatic rings. The van der Waals surface area contributed by atoms with E-state index in [0.29, 0.717) is 0 Å². The maximum absolute atomic E-state index is 5.38. The maximum atomic E-state index is 5.38. The van der Waals surface area contributed by atoms with Gasteiger partial charge in [-0.25, -0.2) is 9.97 Å². The van der Waals surface area contributed by atoms with Crippen molar-refractivity contribution in [1.29, 1.82) is 0 Å². The predicted octanol–water partition coefficient (Wildman–Crippen LogP) is 10.9. The topological polar surface area (TPSA) is 33.4 Å². The van der Waals surface area contributed by atoms with Crippen LogP contribution >= 0.6 is 11.3 Å². The number of para-hydroxylation sites is 2. The lowest BCUT2D eigenvalue weighted by molar-refractivity contribution is 0.634. The number of imidazole rings is 1. The number of rotatable bonds is 5. The highest BCUT2D eigenvalue weighted by Gasteiger charge is 2.44. The number of hydrogen-bond acceptors (Lipinski definition) is 4. The third-order valence-electron chi connectivity index (χ3n) is 12.8. The van der Waals surface area contributed by atoms with Crippen LogP contribution in [0.4, 0.5) is 17.2 Å². The van der Waals surface area contributed by atoms with Gasteiger partial charge in [0, 0.05) is 61.5 Å². The first-order chi connectivity index (χ1) is 29.0. The maximum Gasteiger partial charge on any atom is 0.179 e. The quantitative estimate of drug-likeness (QED) is 0.0989. The minimum Gasteiger partial charge on any atom is -0.299 e. The van der Waals surface area contributed by atoms with E-state index < -0.39 is 8.07 Å². The number of fused-ring (bicyclic) bond motifs is 12. The minimum absolute atomic E-state index is 0.281. The molecule has 0 bridgehead atoms. The van der Waals surface area contributed by atoms with Crippen LogP contribution in [0.25, 0.3) is 47.5 Å². The average Bonchev–Trinajstić information content (AvgIpc) is 3.94. The van der Waals surface area contributed by atoms with Crippen molar-refractivity contribution in [3.05, 3.63) is 206 Å². The number of pyridine rings is 2. The Hall–Kier alpha value is -6.86. The zero-order chi connectivity index (χ0) is 39.3. The molecule has 1 aliphatic rings. The first kappa shape index (κ1) is 34.2. The van der Waals surface area contributed by atoms with Gasteiger partial charge < -0.3 is 0 Å². The van der Waals surface area contributed by atoms with Crippen LogP contribution in [-0.2, 0) is 5.41 Å². The summed E-state index contributed by atoms with van der Waals surface area (Å²) >= 11 is 1.83. The minimum atomic E-state index is -3.01. The molecule has 4 nitrogen and oxygen atoms in total. The highest BCUT2D eigenvalue weighted by atomic mass is 32.1. The second kappa shape index (κ2) is 12.8. The number of hydrogen-bond donors (Lipinski definition) is 0. The van der Waals surface area contributed by atoms with Gasteiger partial charge in [0.15, 0.2) is 8.07 Å². The molecule has 0 aliphatic carbocycles. The summed E-state index contributed by atoms with van der Waals surface area (Å²) in [7, 11) is -3.01. The molecule has 280 valence electrons. The summed E-state index contributed by atoms with van der Waals surface area (Å²) in [6, 6.07) is 65.4. The van der Waals surface area contributed by atoms with E-state index in [2.05, 4.69) is 211 Å². The molecule has 4 aromatic heterocycles. The molecule has 0 saturated carbocycles. The van der Waals surface area contributed by atoms with Crippen molar-refractivity contribution in [3.63, 3.8) is 0 Å². The smallest absolute Gasteiger partial charge is 0.179 e. The molecule has 7 aromatic carbocycles. The summed E-state index contributed by atoms with van der Waals surface area (Å²) < 4.78 is 4.75. The number of benzene rings is 7. The standard InChI is InChI=1S/C53H38N4SSi/c1-53(2)44-24-11-13-26-46(44)57(52-50(53)49-42-23-10-14-27-47(42)58-48(49)34-55-52)35-16-15-21-38(32-35)59(36-17-5-3-6-18-36,37-19-7-4-8-20-37)39-28-29-40-41-22-9-12-25-45(41)56-31-30-54-51(56)43(40)33-39/h3-34H,1-2H3.